The Labute approximate surface area is 127 Å². The number of aliphatic imine (C=N–C) groups is 1. The standard InChI is InChI=1S/C15H14ClN3S/c16-14-5-4-13(19-15-18-7-8-20-15)10-11(14)9-12-3-1-2-6-17-12/h1-6,10H,7-9H2,(H,18,19). The number of rotatable bonds is 3. The van der Waals surface area contributed by atoms with Crippen molar-refractivity contribution in [2.45, 2.75) is 6.42 Å². The fourth-order valence-corrected chi connectivity index (χ4v) is 2.95. The zero-order valence-electron chi connectivity index (χ0n) is 10.8. The van der Waals surface area contributed by atoms with Crippen molar-refractivity contribution in [1.82, 2.24) is 4.98 Å². The monoisotopic (exact) mass is 303 g/mol. The molecule has 1 aromatic heterocycles. The lowest BCUT2D eigenvalue weighted by atomic mass is 10.1. The Morgan fingerprint density at radius 3 is 2.95 bits per heavy atom. The third-order valence-corrected chi connectivity index (χ3v) is 4.24. The molecule has 20 heavy (non-hydrogen) atoms. The summed E-state index contributed by atoms with van der Waals surface area (Å²) in [5.74, 6) is 1.05. The predicted molar refractivity (Wildman–Crippen MR) is 86.9 cm³/mol. The molecular weight excluding hydrogens is 290 g/mol. The molecule has 2 heterocycles. The summed E-state index contributed by atoms with van der Waals surface area (Å²) in [6.45, 7) is 0.890. The normalized spacial score (nSPS) is 14.2. The van der Waals surface area contributed by atoms with Gasteiger partial charge >= 0.3 is 0 Å². The molecule has 102 valence electrons. The first kappa shape index (κ1) is 13.5. The molecule has 2 aromatic rings. The summed E-state index contributed by atoms with van der Waals surface area (Å²) in [4.78, 5) is 8.73. The lowest BCUT2D eigenvalue weighted by molar-refractivity contribution is 1.07. The molecule has 0 unspecified atom stereocenters. The molecular formula is C15H14ClN3S. The van der Waals surface area contributed by atoms with Crippen molar-refractivity contribution in [3.8, 4) is 0 Å². The van der Waals surface area contributed by atoms with Gasteiger partial charge in [0.15, 0.2) is 5.17 Å². The van der Waals surface area contributed by atoms with E-state index in [0.717, 1.165) is 45.9 Å². The molecule has 3 nitrogen and oxygen atoms in total. The second kappa shape index (κ2) is 6.29. The van der Waals surface area contributed by atoms with E-state index in [1.54, 1.807) is 18.0 Å². The fourth-order valence-electron chi connectivity index (χ4n) is 2.02. The number of hydrogen-bond acceptors (Lipinski definition) is 4. The first-order chi connectivity index (χ1) is 9.81. The maximum absolute atomic E-state index is 6.27. The first-order valence-corrected chi connectivity index (χ1v) is 7.80. The minimum atomic E-state index is 0.731. The summed E-state index contributed by atoms with van der Waals surface area (Å²) in [5, 5.41) is 5.08. The van der Waals surface area contributed by atoms with Gasteiger partial charge in [-0.2, -0.15) is 0 Å². The van der Waals surface area contributed by atoms with Crippen LogP contribution in [0.15, 0.2) is 47.6 Å². The van der Waals surface area contributed by atoms with Crippen molar-refractivity contribution < 1.29 is 0 Å². The van der Waals surface area contributed by atoms with Gasteiger partial charge < -0.3 is 5.32 Å². The smallest absolute Gasteiger partial charge is 0.161 e. The van der Waals surface area contributed by atoms with Gasteiger partial charge in [-0.05, 0) is 35.9 Å². The van der Waals surface area contributed by atoms with E-state index in [0.29, 0.717) is 0 Å². The van der Waals surface area contributed by atoms with Crippen LogP contribution in [0.1, 0.15) is 11.3 Å². The van der Waals surface area contributed by atoms with Gasteiger partial charge in [0.05, 0.1) is 6.54 Å². The molecule has 0 bridgehead atoms. The largest absolute Gasteiger partial charge is 0.335 e. The summed E-state index contributed by atoms with van der Waals surface area (Å²) in [6, 6.07) is 11.9. The van der Waals surface area contributed by atoms with Crippen LogP contribution in [0.3, 0.4) is 0 Å². The minimum absolute atomic E-state index is 0.731. The summed E-state index contributed by atoms with van der Waals surface area (Å²) in [6.07, 6.45) is 2.53. The quantitative estimate of drug-likeness (QED) is 0.936. The lowest BCUT2D eigenvalue weighted by Crippen LogP contribution is -2.05. The van der Waals surface area contributed by atoms with Crippen molar-refractivity contribution in [2.75, 3.05) is 17.6 Å². The molecule has 0 saturated carbocycles. The average Bonchev–Trinajstić information content (AvgIpc) is 2.97. The number of amidine groups is 1. The van der Waals surface area contributed by atoms with Crippen molar-refractivity contribution >= 4 is 34.2 Å². The van der Waals surface area contributed by atoms with Gasteiger partial charge in [-0.3, -0.25) is 9.98 Å². The number of benzene rings is 1. The number of pyridine rings is 1. The van der Waals surface area contributed by atoms with Crippen molar-refractivity contribution in [3.05, 3.63) is 58.9 Å². The van der Waals surface area contributed by atoms with E-state index in [9.17, 15) is 0 Å². The number of nitrogens with one attached hydrogen (secondary N) is 1. The molecule has 1 aromatic carbocycles. The molecule has 0 aliphatic carbocycles. The predicted octanol–water partition coefficient (Wildman–Crippen LogP) is 3.84. The Bertz CT molecular complexity index is 628. The Kier molecular flexibility index (Phi) is 4.23. The maximum Gasteiger partial charge on any atom is 0.161 e. The molecule has 0 spiro atoms. The molecule has 0 radical (unpaired) electrons. The Morgan fingerprint density at radius 1 is 1.25 bits per heavy atom. The van der Waals surface area contributed by atoms with E-state index in [1.165, 1.54) is 0 Å². The van der Waals surface area contributed by atoms with E-state index in [1.807, 2.05) is 30.3 Å². The zero-order valence-corrected chi connectivity index (χ0v) is 12.4. The van der Waals surface area contributed by atoms with Crippen LogP contribution in [-0.4, -0.2) is 22.4 Å². The van der Waals surface area contributed by atoms with Crippen molar-refractivity contribution in [3.63, 3.8) is 0 Å². The summed E-state index contributed by atoms with van der Waals surface area (Å²) in [5.41, 5.74) is 3.10. The molecule has 1 aliphatic rings. The van der Waals surface area contributed by atoms with Crippen LogP contribution >= 0.6 is 23.4 Å². The second-order valence-corrected chi connectivity index (χ2v) is 5.96. The van der Waals surface area contributed by atoms with E-state index >= 15 is 0 Å². The highest BCUT2D eigenvalue weighted by Crippen LogP contribution is 2.24. The van der Waals surface area contributed by atoms with Gasteiger partial charge in [-0.15, -0.1) is 0 Å². The van der Waals surface area contributed by atoms with Crippen LogP contribution in [-0.2, 0) is 6.42 Å². The topological polar surface area (TPSA) is 37.3 Å². The summed E-state index contributed by atoms with van der Waals surface area (Å²) in [7, 11) is 0. The third-order valence-electron chi connectivity index (χ3n) is 2.98. The highest BCUT2D eigenvalue weighted by molar-refractivity contribution is 8.14. The molecule has 0 fully saturated rings. The van der Waals surface area contributed by atoms with Crippen LogP contribution in [0, 0.1) is 0 Å². The Hall–Kier alpha value is -1.52. The van der Waals surface area contributed by atoms with E-state index < -0.39 is 0 Å². The highest BCUT2D eigenvalue weighted by atomic mass is 35.5. The van der Waals surface area contributed by atoms with E-state index in [4.69, 9.17) is 11.6 Å². The number of aromatic nitrogens is 1. The van der Waals surface area contributed by atoms with Crippen molar-refractivity contribution in [2.24, 2.45) is 4.99 Å². The summed E-state index contributed by atoms with van der Waals surface area (Å²) >= 11 is 8.02. The molecule has 3 rings (SSSR count). The number of halogens is 1. The van der Waals surface area contributed by atoms with Crippen LogP contribution in [0.2, 0.25) is 5.02 Å². The van der Waals surface area contributed by atoms with Crippen molar-refractivity contribution in [1.29, 1.82) is 0 Å². The van der Waals surface area contributed by atoms with Crippen LogP contribution in [0.5, 0.6) is 0 Å². The number of hydrogen-bond donors (Lipinski definition) is 1. The third kappa shape index (κ3) is 3.32. The molecule has 5 heteroatoms. The molecule has 1 N–H and O–H groups in total. The van der Waals surface area contributed by atoms with Gasteiger partial charge in [-0.1, -0.05) is 29.4 Å². The van der Waals surface area contributed by atoms with E-state index in [-0.39, 0.29) is 0 Å². The van der Waals surface area contributed by atoms with Gasteiger partial charge in [0.1, 0.15) is 0 Å². The van der Waals surface area contributed by atoms with Gasteiger partial charge in [-0.25, -0.2) is 0 Å². The molecule has 0 saturated heterocycles. The molecule has 0 atom stereocenters. The van der Waals surface area contributed by atoms with E-state index in [2.05, 4.69) is 21.4 Å². The SMILES string of the molecule is Clc1ccc(NC2=NCCS2)cc1Cc1ccccn1. The Balaban J connectivity index is 1.79. The van der Waals surface area contributed by atoms with Gasteiger partial charge in [0, 0.05) is 34.8 Å². The number of anilines is 1. The number of nitrogens with zero attached hydrogens (tertiary/aromatic N) is 2. The molecule has 1 aliphatic heterocycles. The Morgan fingerprint density at radius 2 is 2.20 bits per heavy atom. The zero-order chi connectivity index (χ0) is 13.8. The van der Waals surface area contributed by atoms with Gasteiger partial charge in [0.25, 0.3) is 0 Å². The van der Waals surface area contributed by atoms with Gasteiger partial charge in [0.2, 0.25) is 0 Å². The first-order valence-electron chi connectivity index (χ1n) is 6.44. The highest BCUT2D eigenvalue weighted by Gasteiger charge is 2.09. The average molecular weight is 304 g/mol. The number of thioether (sulfide) groups is 1. The second-order valence-electron chi connectivity index (χ2n) is 4.46. The lowest BCUT2D eigenvalue weighted by Gasteiger charge is -2.09. The maximum atomic E-state index is 6.27. The van der Waals surface area contributed by atoms with Crippen LogP contribution < -0.4 is 5.32 Å². The molecule has 0 amide bonds. The minimum Gasteiger partial charge on any atom is -0.335 e. The fraction of sp³-hybridized carbons (Fsp3) is 0.200. The van der Waals surface area contributed by atoms with Crippen LogP contribution in [0.4, 0.5) is 5.69 Å². The van der Waals surface area contributed by atoms with Crippen LogP contribution in [0.25, 0.3) is 0 Å². The summed E-state index contributed by atoms with van der Waals surface area (Å²) < 4.78 is 0.